The molecule has 0 bridgehead atoms. The maximum absolute atomic E-state index is 13.3. The van der Waals surface area contributed by atoms with Crippen molar-refractivity contribution >= 4 is 29.1 Å². The Labute approximate surface area is 166 Å². The number of benzene rings is 2. The van der Waals surface area contributed by atoms with E-state index in [0.29, 0.717) is 33.4 Å². The number of rotatable bonds is 5. The Morgan fingerprint density at radius 2 is 2.00 bits per heavy atom. The smallest absolute Gasteiger partial charge is 0.254 e. The van der Waals surface area contributed by atoms with Crippen molar-refractivity contribution < 1.29 is 9.18 Å². The maximum atomic E-state index is 13.3. The van der Waals surface area contributed by atoms with Gasteiger partial charge in [-0.15, -0.1) is 0 Å². The van der Waals surface area contributed by atoms with Gasteiger partial charge in [0.1, 0.15) is 5.82 Å². The molecule has 2 aromatic carbocycles. The minimum Gasteiger partial charge on any atom is -0.349 e. The molecular weight excluding hydrogens is 388 g/mol. The third kappa shape index (κ3) is 4.49. The predicted octanol–water partition coefficient (Wildman–Crippen LogP) is 4.99. The highest BCUT2D eigenvalue weighted by molar-refractivity contribution is 6.42. The van der Waals surface area contributed by atoms with E-state index in [-0.39, 0.29) is 17.8 Å². The van der Waals surface area contributed by atoms with Gasteiger partial charge < -0.3 is 5.32 Å². The molecule has 0 saturated carbocycles. The van der Waals surface area contributed by atoms with Crippen LogP contribution < -0.4 is 5.32 Å². The van der Waals surface area contributed by atoms with Crippen LogP contribution in [0, 0.1) is 12.7 Å². The van der Waals surface area contributed by atoms with Crippen LogP contribution in [0.4, 0.5) is 4.39 Å². The first-order valence-electron chi connectivity index (χ1n) is 8.40. The largest absolute Gasteiger partial charge is 0.349 e. The van der Waals surface area contributed by atoms with Crippen LogP contribution in [0.3, 0.4) is 0 Å². The molecule has 27 heavy (non-hydrogen) atoms. The van der Waals surface area contributed by atoms with Gasteiger partial charge in [-0.1, -0.05) is 35.3 Å². The monoisotopic (exact) mass is 405 g/mol. The minimum atomic E-state index is -0.287. The van der Waals surface area contributed by atoms with Gasteiger partial charge in [0.2, 0.25) is 0 Å². The highest BCUT2D eigenvalue weighted by atomic mass is 35.5. The summed E-state index contributed by atoms with van der Waals surface area (Å²) in [5.74, 6) is -0.521. The molecule has 0 aliphatic carbocycles. The molecule has 1 amide bonds. The standard InChI is InChI=1S/C20H18Cl2FN3O/c1-12(8-14-4-3-5-15(23)9-14)25-20(27)17-11-24-26(13(17)2)16-6-7-18(21)19(22)10-16/h3-7,9-12H,8H2,1-2H3,(H,25,27)/t12-/m0/s1. The van der Waals surface area contributed by atoms with Crippen LogP contribution in [0.15, 0.2) is 48.7 Å². The zero-order chi connectivity index (χ0) is 19.6. The number of hydrogen-bond donors (Lipinski definition) is 1. The summed E-state index contributed by atoms with van der Waals surface area (Å²) in [5, 5.41) is 8.08. The summed E-state index contributed by atoms with van der Waals surface area (Å²) in [7, 11) is 0. The molecule has 3 aromatic rings. The highest BCUT2D eigenvalue weighted by Crippen LogP contribution is 2.25. The second-order valence-electron chi connectivity index (χ2n) is 6.36. The van der Waals surface area contributed by atoms with Crippen molar-refractivity contribution in [2.45, 2.75) is 26.3 Å². The van der Waals surface area contributed by atoms with E-state index in [2.05, 4.69) is 10.4 Å². The average Bonchev–Trinajstić information content (AvgIpc) is 2.99. The van der Waals surface area contributed by atoms with Gasteiger partial charge in [0, 0.05) is 6.04 Å². The van der Waals surface area contributed by atoms with Gasteiger partial charge >= 0.3 is 0 Å². The van der Waals surface area contributed by atoms with E-state index in [0.717, 1.165) is 5.56 Å². The second kappa shape index (κ2) is 8.11. The summed E-state index contributed by atoms with van der Waals surface area (Å²) >= 11 is 12.0. The normalized spacial score (nSPS) is 12.0. The molecule has 3 rings (SSSR count). The lowest BCUT2D eigenvalue weighted by molar-refractivity contribution is 0.0939. The van der Waals surface area contributed by atoms with E-state index in [1.165, 1.54) is 18.3 Å². The Balaban J connectivity index is 1.73. The molecule has 140 valence electrons. The topological polar surface area (TPSA) is 46.9 Å². The van der Waals surface area contributed by atoms with Gasteiger partial charge in [0.25, 0.3) is 5.91 Å². The van der Waals surface area contributed by atoms with Crippen LogP contribution >= 0.6 is 23.2 Å². The Hall–Kier alpha value is -2.37. The number of nitrogens with zero attached hydrogens (tertiary/aromatic N) is 2. The molecule has 1 atom stereocenters. The Morgan fingerprint density at radius 1 is 1.22 bits per heavy atom. The molecule has 0 unspecified atom stereocenters. The molecule has 0 aliphatic rings. The molecule has 0 fully saturated rings. The molecule has 0 saturated heterocycles. The van der Waals surface area contributed by atoms with Crippen LogP contribution in [0.2, 0.25) is 10.0 Å². The SMILES string of the molecule is Cc1c(C(=O)N[C@@H](C)Cc2cccc(F)c2)cnn1-c1ccc(Cl)c(Cl)c1. The molecule has 4 nitrogen and oxygen atoms in total. The van der Waals surface area contributed by atoms with Crippen molar-refractivity contribution in [3.05, 3.63) is 81.3 Å². The van der Waals surface area contributed by atoms with Crippen molar-refractivity contribution in [3.63, 3.8) is 0 Å². The van der Waals surface area contributed by atoms with Crippen LogP contribution in [0.5, 0.6) is 0 Å². The lowest BCUT2D eigenvalue weighted by atomic mass is 10.1. The number of carbonyl (C=O) groups is 1. The van der Waals surface area contributed by atoms with E-state index in [1.807, 2.05) is 19.9 Å². The van der Waals surface area contributed by atoms with Crippen molar-refractivity contribution in [2.24, 2.45) is 0 Å². The van der Waals surface area contributed by atoms with E-state index < -0.39 is 0 Å². The first-order chi connectivity index (χ1) is 12.8. The fraction of sp³-hybridized carbons (Fsp3) is 0.200. The van der Waals surface area contributed by atoms with Gasteiger partial charge in [-0.2, -0.15) is 5.10 Å². The maximum Gasteiger partial charge on any atom is 0.254 e. The summed E-state index contributed by atoms with van der Waals surface area (Å²) in [5.41, 5.74) is 2.69. The molecule has 0 spiro atoms. The van der Waals surface area contributed by atoms with E-state index in [4.69, 9.17) is 23.2 Å². The fourth-order valence-corrected chi connectivity index (χ4v) is 3.17. The summed E-state index contributed by atoms with van der Waals surface area (Å²) in [6, 6.07) is 11.3. The van der Waals surface area contributed by atoms with Crippen molar-refractivity contribution in [1.29, 1.82) is 0 Å². The summed E-state index contributed by atoms with van der Waals surface area (Å²) in [4.78, 5) is 12.6. The van der Waals surface area contributed by atoms with Gasteiger partial charge in [0.05, 0.1) is 33.2 Å². The first kappa shape index (κ1) is 19.4. The number of halogens is 3. The van der Waals surface area contributed by atoms with E-state index in [9.17, 15) is 9.18 Å². The van der Waals surface area contributed by atoms with Crippen LogP contribution in [0.1, 0.15) is 28.5 Å². The number of aromatic nitrogens is 2. The third-order valence-electron chi connectivity index (χ3n) is 4.21. The zero-order valence-corrected chi connectivity index (χ0v) is 16.4. The number of nitrogens with one attached hydrogen (secondary N) is 1. The minimum absolute atomic E-state index is 0.160. The molecule has 1 N–H and O–H groups in total. The predicted molar refractivity (Wildman–Crippen MR) is 105 cm³/mol. The van der Waals surface area contributed by atoms with Gasteiger partial charge in [-0.25, -0.2) is 9.07 Å². The summed E-state index contributed by atoms with van der Waals surface area (Å²) < 4.78 is 14.9. The molecule has 7 heteroatoms. The quantitative estimate of drug-likeness (QED) is 0.649. The van der Waals surface area contributed by atoms with Crippen LogP contribution in [-0.4, -0.2) is 21.7 Å². The zero-order valence-electron chi connectivity index (χ0n) is 14.8. The summed E-state index contributed by atoms with van der Waals surface area (Å²) in [6.45, 7) is 3.68. The van der Waals surface area contributed by atoms with Crippen molar-refractivity contribution in [1.82, 2.24) is 15.1 Å². The lowest BCUT2D eigenvalue weighted by Gasteiger charge is -2.14. The van der Waals surface area contributed by atoms with Crippen molar-refractivity contribution in [3.8, 4) is 5.69 Å². The first-order valence-corrected chi connectivity index (χ1v) is 9.16. The molecular formula is C20H18Cl2FN3O. The molecule has 1 aromatic heterocycles. The fourth-order valence-electron chi connectivity index (χ4n) is 2.88. The second-order valence-corrected chi connectivity index (χ2v) is 7.18. The van der Waals surface area contributed by atoms with Gasteiger partial charge in [0.15, 0.2) is 0 Å². The molecule has 0 radical (unpaired) electrons. The summed E-state index contributed by atoms with van der Waals surface area (Å²) in [6.07, 6.45) is 2.05. The number of carbonyl (C=O) groups excluding carboxylic acids is 1. The number of amides is 1. The third-order valence-corrected chi connectivity index (χ3v) is 4.95. The average molecular weight is 406 g/mol. The Kier molecular flexibility index (Phi) is 5.82. The van der Waals surface area contributed by atoms with Crippen LogP contribution in [-0.2, 0) is 6.42 Å². The van der Waals surface area contributed by atoms with E-state index in [1.54, 1.807) is 28.9 Å². The lowest BCUT2D eigenvalue weighted by Crippen LogP contribution is -2.34. The number of hydrogen-bond acceptors (Lipinski definition) is 2. The Morgan fingerprint density at radius 3 is 2.70 bits per heavy atom. The molecule has 0 aliphatic heterocycles. The van der Waals surface area contributed by atoms with Gasteiger partial charge in [-0.05, 0) is 56.2 Å². The van der Waals surface area contributed by atoms with E-state index >= 15 is 0 Å². The molecule has 1 heterocycles. The van der Waals surface area contributed by atoms with Gasteiger partial charge in [-0.3, -0.25) is 4.79 Å². The van der Waals surface area contributed by atoms with Crippen LogP contribution in [0.25, 0.3) is 5.69 Å². The Bertz CT molecular complexity index is 987. The van der Waals surface area contributed by atoms with Crippen molar-refractivity contribution in [2.75, 3.05) is 0 Å². The highest BCUT2D eigenvalue weighted by Gasteiger charge is 2.17.